The van der Waals surface area contributed by atoms with Gasteiger partial charge in [0.2, 0.25) is 0 Å². The molecule has 1 amide bonds. The van der Waals surface area contributed by atoms with Gasteiger partial charge >= 0.3 is 0 Å². The second kappa shape index (κ2) is 6.97. The maximum Gasteiger partial charge on any atom is 0.253 e. The second-order valence-corrected chi connectivity index (χ2v) is 5.09. The van der Waals surface area contributed by atoms with Crippen LogP contribution in [0.4, 0.5) is 5.69 Å². The molecule has 0 bridgehead atoms. The Kier molecular flexibility index (Phi) is 5.91. The summed E-state index contributed by atoms with van der Waals surface area (Å²) >= 11 is 3.31. The van der Waals surface area contributed by atoms with E-state index < -0.39 is 0 Å². The fourth-order valence-electron chi connectivity index (χ4n) is 1.82. The second-order valence-electron chi connectivity index (χ2n) is 4.17. The van der Waals surface area contributed by atoms with Crippen molar-refractivity contribution in [3.8, 4) is 0 Å². The predicted octanol–water partition coefficient (Wildman–Crippen LogP) is 2.22. The average molecular weight is 336 g/mol. The molecule has 1 atom stereocenters. The van der Waals surface area contributed by atoms with E-state index in [-0.39, 0.29) is 18.3 Å². The van der Waals surface area contributed by atoms with Crippen molar-refractivity contribution in [2.45, 2.75) is 6.42 Å². The summed E-state index contributed by atoms with van der Waals surface area (Å²) in [7, 11) is 0. The quantitative estimate of drug-likeness (QED) is 0.833. The molecule has 1 aliphatic rings. The van der Waals surface area contributed by atoms with Gasteiger partial charge in [0.1, 0.15) is 0 Å². The zero-order valence-corrected chi connectivity index (χ0v) is 12.2. The number of hydrogen-bond donors (Lipinski definition) is 2. The molecule has 1 heterocycles. The van der Waals surface area contributed by atoms with Crippen molar-refractivity contribution in [3.63, 3.8) is 0 Å². The average Bonchev–Trinajstić information content (AvgIpc) is 2.78. The zero-order chi connectivity index (χ0) is 12.3. The third-order valence-electron chi connectivity index (χ3n) is 2.83. The highest BCUT2D eigenvalue weighted by atomic mass is 79.9. The lowest BCUT2D eigenvalue weighted by Crippen LogP contribution is -2.30. The number of nitrogens with one attached hydrogen (secondary N) is 1. The van der Waals surface area contributed by atoms with E-state index in [2.05, 4.69) is 21.2 Å². The fourth-order valence-corrected chi connectivity index (χ4v) is 2.20. The van der Waals surface area contributed by atoms with Crippen LogP contribution < -0.4 is 11.1 Å². The highest BCUT2D eigenvalue weighted by molar-refractivity contribution is 9.10. The highest BCUT2D eigenvalue weighted by Gasteiger charge is 2.17. The molecular formula is C12H16BrClN2O2. The van der Waals surface area contributed by atoms with Crippen LogP contribution >= 0.6 is 28.3 Å². The van der Waals surface area contributed by atoms with Gasteiger partial charge in [0.15, 0.2) is 0 Å². The first-order chi connectivity index (χ1) is 8.16. The van der Waals surface area contributed by atoms with Crippen molar-refractivity contribution in [2.24, 2.45) is 5.92 Å². The van der Waals surface area contributed by atoms with Gasteiger partial charge in [-0.05, 0) is 24.6 Å². The normalized spacial score (nSPS) is 18.2. The van der Waals surface area contributed by atoms with Crippen LogP contribution in [0.15, 0.2) is 22.7 Å². The molecule has 0 aromatic heterocycles. The lowest BCUT2D eigenvalue weighted by atomic mass is 10.1. The van der Waals surface area contributed by atoms with Gasteiger partial charge in [-0.2, -0.15) is 0 Å². The number of halogens is 2. The van der Waals surface area contributed by atoms with Crippen LogP contribution in [0.1, 0.15) is 16.8 Å². The molecule has 1 aliphatic heterocycles. The molecule has 3 N–H and O–H groups in total. The molecule has 0 aliphatic carbocycles. The minimum absolute atomic E-state index is 0. The Labute approximate surface area is 121 Å². The van der Waals surface area contributed by atoms with E-state index in [1.54, 1.807) is 12.1 Å². The number of carbonyl (C=O) groups is 1. The smallest absolute Gasteiger partial charge is 0.253 e. The first-order valence-electron chi connectivity index (χ1n) is 5.58. The first kappa shape index (κ1) is 15.3. The van der Waals surface area contributed by atoms with Crippen molar-refractivity contribution in [2.75, 3.05) is 25.5 Å². The molecule has 0 saturated carbocycles. The van der Waals surface area contributed by atoms with E-state index in [0.717, 1.165) is 24.1 Å². The third kappa shape index (κ3) is 3.86. The van der Waals surface area contributed by atoms with Crippen molar-refractivity contribution in [1.29, 1.82) is 0 Å². The van der Waals surface area contributed by atoms with Crippen molar-refractivity contribution >= 4 is 39.9 Å². The SMILES string of the molecule is Cl.Nc1cc(Br)ccc1C(=O)NCC1CCOC1. The maximum absolute atomic E-state index is 11.9. The zero-order valence-electron chi connectivity index (χ0n) is 9.82. The number of amides is 1. The molecule has 0 spiro atoms. The fraction of sp³-hybridized carbons (Fsp3) is 0.417. The minimum Gasteiger partial charge on any atom is -0.398 e. The lowest BCUT2D eigenvalue weighted by Gasteiger charge is -2.10. The summed E-state index contributed by atoms with van der Waals surface area (Å²) in [6, 6.07) is 5.26. The molecule has 1 unspecified atom stereocenters. The summed E-state index contributed by atoms with van der Waals surface area (Å²) in [5.41, 5.74) is 6.80. The van der Waals surface area contributed by atoms with E-state index in [0.29, 0.717) is 23.7 Å². The number of benzene rings is 1. The van der Waals surface area contributed by atoms with E-state index in [4.69, 9.17) is 10.5 Å². The number of nitrogen functional groups attached to an aromatic ring is 1. The van der Waals surface area contributed by atoms with Crippen LogP contribution in [0, 0.1) is 5.92 Å². The third-order valence-corrected chi connectivity index (χ3v) is 3.33. The highest BCUT2D eigenvalue weighted by Crippen LogP contribution is 2.18. The van der Waals surface area contributed by atoms with Crippen LogP contribution in [-0.2, 0) is 4.74 Å². The van der Waals surface area contributed by atoms with Gasteiger partial charge in [0.25, 0.3) is 5.91 Å². The Hall–Kier alpha value is -0.780. The Morgan fingerprint density at radius 3 is 2.94 bits per heavy atom. The van der Waals surface area contributed by atoms with Crippen LogP contribution in [0.5, 0.6) is 0 Å². The molecule has 18 heavy (non-hydrogen) atoms. The topological polar surface area (TPSA) is 64.4 Å². The van der Waals surface area contributed by atoms with Crippen LogP contribution in [0.25, 0.3) is 0 Å². The number of hydrogen-bond acceptors (Lipinski definition) is 3. The summed E-state index contributed by atoms with van der Waals surface area (Å²) in [5, 5.41) is 2.89. The number of rotatable bonds is 3. The van der Waals surface area contributed by atoms with E-state index >= 15 is 0 Å². The molecule has 1 aromatic rings. The Morgan fingerprint density at radius 1 is 1.56 bits per heavy atom. The summed E-state index contributed by atoms with van der Waals surface area (Å²) in [6.45, 7) is 2.17. The summed E-state index contributed by atoms with van der Waals surface area (Å²) in [5.74, 6) is 0.303. The molecule has 4 nitrogen and oxygen atoms in total. The van der Waals surface area contributed by atoms with Gasteiger partial charge in [0.05, 0.1) is 12.2 Å². The number of ether oxygens (including phenoxy) is 1. The summed E-state index contributed by atoms with van der Waals surface area (Å²) < 4.78 is 6.12. The van der Waals surface area contributed by atoms with Crippen molar-refractivity contribution < 1.29 is 9.53 Å². The van der Waals surface area contributed by atoms with Crippen LogP contribution in [0.3, 0.4) is 0 Å². The molecule has 100 valence electrons. The molecule has 1 saturated heterocycles. The standard InChI is InChI=1S/C12H15BrN2O2.ClH/c13-9-1-2-10(11(14)5-9)12(16)15-6-8-3-4-17-7-8;/h1-2,5,8H,3-4,6-7,14H2,(H,15,16);1H. The van der Waals surface area contributed by atoms with Gasteiger partial charge in [-0.25, -0.2) is 0 Å². The molecule has 1 fully saturated rings. The Morgan fingerprint density at radius 2 is 2.33 bits per heavy atom. The molecule has 6 heteroatoms. The molecule has 2 rings (SSSR count). The van der Waals surface area contributed by atoms with Gasteiger partial charge in [-0.1, -0.05) is 15.9 Å². The van der Waals surface area contributed by atoms with Gasteiger partial charge in [0, 0.05) is 29.2 Å². The summed E-state index contributed by atoms with van der Waals surface area (Å²) in [6.07, 6.45) is 1.01. The number of anilines is 1. The minimum atomic E-state index is -0.123. The predicted molar refractivity (Wildman–Crippen MR) is 77.1 cm³/mol. The summed E-state index contributed by atoms with van der Waals surface area (Å²) in [4.78, 5) is 11.9. The van der Waals surface area contributed by atoms with Gasteiger partial charge in [-0.15, -0.1) is 12.4 Å². The van der Waals surface area contributed by atoms with Crippen LogP contribution in [0.2, 0.25) is 0 Å². The monoisotopic (exact) mass is 334 g/mol. The van der Waals surface area contributed by atoms with Gasteiger partial charge < -0.3 is 15.8 Å². The van der Waals surface area contributed by atoms with E-state index in [1.807, 2.05) is 6.07 Å². The number of carbonyl (C=O) groups excluding carboxylic acids is 1. The largest absolute Gasteiger partial charge is 0.398 e. The van der Waals surface area contributed by atoms with E-state index in [1.165, 1.54) is 0 Å². The molecule has 0 radical (unpaired) electrons. The Bertz CT molecular complexity index is 423. The lowest BCUT2D eigenvalue weighted by molar-refractivity contribution is 0.0946. The molecule has 1 aromatic carbocycles. The van der Waals surface area contributed by atoms with Crippen molar-refractivity contribution in [3.05, 3.63) is 28.2 Å². The maximum atomic E-state index is 11.9. The molecular weight excluding hydrogens is 320 g/mol. The van der Waals surface area contributed by atoms with Gasteiger partial charge in [-0.3, -0.25) is 4.79 Å². The van der Waals surface area contributed by atoms with Crippen molar-refractivity contribution in [1.82, 2.24) is 5.32 Å². The first-order valence-corrected chi connectivity index (χ1v) is 6.37. The number of nitrogens with two attached hydrogens (primary N) is 1. The Balaban J connectivity index is 0.00000162. The van der Waals surface area contributed by atoms with Crippen LogP contribution in [-0.4, -0.2) is 25.7 Å². The van der Waals surface area contributed by atoms with E-state index in [9.17, 15) is 4.79 Å².